The lowest BCUT2D eigenvalue weighted by atomic mass is 9.72. The predicted molar refractivity (Wildman–Crippen MR) is 52.6 cm³/mol. The minimum Gasteiger partial charge on any atom is -0.0991 e. The SMILES string of the molecule is C=CC=CC.CC1(C)CCC1. The maximum atomic E-state index is 3.46. The summed E-state index contributed by atoms with van der Waals surface area (Å²) in [5.74, 6) is 0. The molecule has 0 atom stereocenters. The van der Waals surface area contributed by atoms with Crippen molar-refractivity contribution >= 4 is 0 Å². The highest BCUT2D eigenvalue weighted by Crippen LogP contribution is 2.38. The van der Waals surface area contributed by atoms with Gasteiger partial charge in [0.05, 0.1) is 0 Å². The molecule has 0 aromatic rings. The van der Waals surface area contributed by atoms with E-state index < -0.39 is 0 Å². The van der Waals surface area contributed by atoms with Gasteiger partial charge in [-0.05, 0) is 25.2 Å². The van der Waals surface area contributed by atoms with Crippen molar-refractivity contribution in [2.75, 3.05) is 0 Å². The van der Waals surface area contributed by atoms with Gasteiger partial charge in [0.25, 0.3) is 0 Å². The minimum absolute atomic E-state index is 0.722. The molecule has 0 unspecified atom stereocenters. The molecular formula is C11H20. The fourth-order valence-corrected chi connectivity index (χ4v) is 1.02. The van der Waals surface area contributed by atoms with Crippen LogP contribution in [0.2, 0.25) is 0 Å². The number of hydrogen-bond acceptors (Lipinski definition) is 0. The van der Waals surface area contributed by atoms with E-state index in [-0.39, 0.29) is 0 Å². The van der Waals surface area contributed by atoms with Crippen LogP contribution in [0.5, 0.6) is 0 Å². The summed E-state index contributed by atoms with van der Waals surface area (Å²) < 4.78 is 0. The average molecular weight is 152 g/mol. The van der Waals surface area contributed by atoms with E-state index >= 15 is 0 Å². The highest BCUT2D eigenvalue weighted by atomic mass is 14.3. The van der Waals surface area contributed by atoms with Crippen LogP contribution in [0.15, 0.2) is 24.8 Å². The van der Waals surface area contributed by atoms with Crippen molar-refractivity contribution in [3.63, 3.8) is 0 Å². The molecule has 1 aliphatic carbocycles. The standard InChI is InChI=1S/C6H12.C5H8/c1-6(2)4-3-5-6;1-3-5-4-2/h3-5H2,1-2H3;3-5H,1H2,2H3. The molecule has 0 N–H and O–H groups in total. The second-order valence-electron chi connectivity index (χ2n) is 3.78. The van der Waals surface area contributed by atoms with Crippen LogP contribution in [-0.2, 0) is 0 Å². The third kappa shape index (κ3) is 5.90. The van der Waals surface area contributed by atoms with Crippen molar-refractivity contribution in [1.82, 2.24) is 0 Å². The van der Waals surface area contributed by atoms with E-state index in [4.69, 9.17) is 0 Å². The van der Waals surface area contributed by atoms with E-state index in [2.05, 4.69) is 20.4 Å². The first-order valence-corrected chi connectivity index (χ1v) is 4.36. The molecule has 0 heterocycles. The summed E-state index contributed by atoms with van der Waals surface area (Å²) >= 11 is 0. The lowest BCUT2D eigenvalue weighted by Gasteiger charge is -2.33. The van der Waals surface area contributed by atoms with Crippen LogP contribution < -0.4 is 0 Å². The summed E-state index contributed by atoms with van der Waals surface area (Å²) in [5, 5.41) is 0. The molecule has 0 amide bonds. The summed E-state index contributed by atoms with van der Waals surface area (Å²) in [6.45, 7) is 10.1. The maximum Gasteiger partial charge on any atom is -0.0354 e. The van der Waals surface area contributed by atoms with E-state index in [1.807, 2.05) is 19.1 Å². The van der Waals surface area contributed by atoms with Crippen molar-refractivity contribution in [2.45, 2.75) is 40.0 Å². The van der Waals surface area contributed by atoms with Crippen molar-refractivity contribution < 1.29 is 0 Å². The number of rotatable bonds is 1. The first-order chi connectivity index (χ1) is 5.12. The summed E-state index contributed by atoms with van der Waals surface area (Å²) in [7, 11) is 0. The van der Waals surface area contributed by atoms with E-state index in [1.165, 1.54) is 19.3 Å². The Balaban J connectivity index is 0.000000187. The van der Waals surface area contributed by atoms with E-state index in [0.717, 1.165) is 5.41 Å². The molecule has 1 rings (SSSR count). The van der Waals surface area contributed by atoms with Crippen LogP contribution in [0.25, 0.3) is 0 Å². The molecule has 0 aliphatic heterocycles. The van der Waals surface area contributed by atoms with Crippen molar-refractivity contribution in [2.24, 2.45) is 5.41 Å². The molecule has 0 bridgehead atoms. The Kier molecular flexibility index (Phi) is 4.93. The largest absolute Gasteiger partial charge is 0.0991 e. The lowest BCUT2D eigenvalue weighted by molar-refractivity contribution is 0.190. The zero-order valence-electron chi connectivity index (χ0n) is 8.06. The van der Waals surface area contributed by atoms with Gasteiger partial charge in [0.2, 0.25) is 0 Å². The van der Waals surface area contributed by atoms with Gasteiger partial charge in [0.1, 0.15) is 0 Å². The van der Waals surface area contributed by atoms with Crippen LogP contribution in [0.1, 0.15) is 40.0 Å². The van der Waals surface area contributed by atoms with Gasteiger partial charge in [-0.3, -0.25) is 0 Å². The number of hydrogen-bond donors (Lipinski definition) is 0. The lowest BCUT2D eigenvalue weighted by Crippen LogP contribution is -2.20. The van der Waals surface area contributed by atoms with Crippen LogP contribution in [0, 0.1) is 5.41 Å². The maximum absolute atomic E-state index is 3.46. The van der Waals surface area contributed by atoms with E-state index in [0.29, 0.717) is 0 Å². The fraction of sp³-hybridized carbons (Fsp3) is 0.636. The first kappa shape index (κ1) is 10.5. The van der Waals surface area contributed by atoms with Gasteiger partial charge in [-0.1, -0.05) is 45.1 Å². The van der Waals surface area contributed by atoms with Gasteiger partial charge in [0.15, 0.2) is 0 Å². The molecule has 0 nitrogen and oxygen atoms in total. The molecular weight excluding hydrogens is 132 g/mol. The monoisotopic (exact) mass is 152 g/mol. The predicted octanol–water partition coefficient (Wildman–Crippen LogP) is 3.95. The molecule has 11 heavy (non-hydrogen) atoms. The zero-order chi connectivity index (χ0) is 8.74. The Hall–Kier alpha value is -0.520. The molecule has 64 valence electrons. The quantitative estimate of drug-likeness (QED) is 0.499. The Morgan fingerprint density at radius 3 is 1.73 bits per heavy atom. The second-order valence-corrected chi connectivity index (χ2v) is 3.78. The second kappa shape index (κ2) is 5.17. The molecule has 0 saturated heterocycles. The van der Waals surface area contributed by atoms with Gasteiger partial charge in [-0.2, -0.15) is 0 Å². The van der Waals surface area contributed by atoms with Crippen LogP contribution in [0.4, 0.5) is 0 Å². The molecule has 0 spiro atoms. The fourth-order valence-electron chi connectivity index (χ4n) is 1.02. The molecule has 1 fully saturated rings. The summed E-state index contributed by atoms with van der Waals surface area (Å²) in [6, 6.07) is 0. The van der Waals surface area contributed by atoms with Gasteiger partial charge in [0, 0.05) is 0 Å². The number of allylic oxidation sites excluding steroid dienone is 3. The smallest absolute Gasteiger partial charge is 0.0354 e. The van der Waals surface area contributed by atoms with Gasteiger partial charge in [-0.15, -0.1) is 0 Å². The average Bonchev–Trinajstić information content (AvgIpc) is 1.88. The van der Waals surface area contributed by atoms with Crippen LogP contribution in [0.3, 0.4) is 0 Å². The van der Waals surface area contributed by atoms with Crippen LogP contribution >= 0.6 is 0 Å². The third-order valence-corrected chi connectivity index (χ3v) is 2.04. The molecule has 0 heteroatoms. The molecule has 0 radical (unpaired) electrons. The Labute approximate surface area is 71.0 Å². The Morgan fingerprint density at radius 1 is 1.27 bits per heavy atom. The third-order valence-electron chi connectivity index (χ3n) is 2.04. The highest BCUT2D eigenvalue weighted by molar-refractivity contribution is 4.94. The van der Waals surface area contributed by atoms with Gasteiger partial charge >= 0.3 is 0 Å². The summed E-state index contributed by atoms with van der Waals surface area (Å²) in [6.07, 6.45) is 9.94. The molecule has 1 saturated carbocycles. The normalized spacial score (nSPS) is 19.9. The van der Waals surface area contributed by atoms with E-state index in [9.17, 15) is 0 Å². The summed E-state index contributed by atoms with van der Waals surface area (Å²) in [4.78, 5) is 0. The Bertz CT molecular complexity index is 123. The minimum atomic E-state index is 0.722. The van der Waals surface area contributed by atoms with Crippen LogP contribution in [-0.4, -0.2) is 0 Å². The van der Waals surface area contributed by atoms with Crippen molar-refractivity contribution in [1.29, 1.82) is 0 Å². The van der Waals surface area contributed by atoms with Gasteiger partial charge < -0.3 is 0 Å². The first-order valence-electron chi connectivity index (χ1n) is 4.36. The van der Waals surface area contributed by atoms with Crippen molar-refractivity contribution in [3.05, 3.63) is 24.8 Å². The topological polar surface area (TPSA) is 0 Å². The zero-order valence-corrected chi connectivity index (χ0v) is 8.06. The summed E-state index contributed by atoms with van der Waals surface area (Å²) in [5.41, 5.74) is 0.722. The molecule has 0 aromatic heterocycles. The Morgan fingerprint density at radius 2 is 1.73 bits per heavy atom. The molecule has 1 aliphatic rings. The van der Waals surface area contributed by atoms with E-state index in [1.54, 1.807) is 6.08 Å². The van der Waals surface area contributed by atoms with Gasteiger partial charge in [-0.25, -0.2) is 0 Å². The van der Waals surface area contributed by atoms with Crippen molar-refractivity contribution in [3.8, 4) is 0 Å². The highest BCUT2D eigenvalue weighted by Gasteiger charge is 2.24. The molecule has 0 aromatic carbocycles.